The van der Waals surface area contributed by atoms with Gasteiger partial charge in [0.1, 0.15) is 0 Å². The maximum atomic E-state index is 8.59. The quantitative estimate of drug-likeness (QED) is 0.507. The summed E-state index contributed by atoms with van der Waals surface area (Å²) in [4.78, 5) is 0. The third kappa shape index (κ3) is 9.31. The summed E-state index contributed by atoms with van der Waals surface area (Å²) in [5.41, 5.74) is 2.46. The number of aliphatic hydroxyl groups is 1. The molecule has 0 rings (SSSR count). The van der Waals surface area contributed by atoms with Gasteiger partial charge in [-0.1, -0.05) is 23.3 Å². The molecule has 0 bridgehead atoms. The fraction of sp³-hybridized carbons (Fsp3) is 0.636. The van der Waals surface area contributed by atoms with Crippen LogP contribution in [0.25, 0.3) is 0 Å². The van der Waals surface area contributed by atoms with Gasteiger partial charge in [0.2, 0.25) is 0 Å². The van der Waals surface area contributed by atoms with Crippen molar-refractivity contribution in [2.45, 2.75) is 27.2 Å². The Morgan fingerprint density at radius 2 is 1.92 bits per heavy atom. The van der Waals surface area contributed by atoms with Crippen molar-refractivity contribution in [3.8, 4) is 0 Å². The van der Waals surface area contributed by atoms with Crippen LogP contribution in [0.3, 0.4) is 0 Å². The maximum Gasteiger partial charge on any atom is 0.0650 e. The van der Waals surface area contributed by atoms with Crippen LogP contribution in [-0.4, -0.2) is 24.9 Å². The predicted molar refractivity (Wildman–Crippen MR) is 55.7 cm³/mol. The van der Waals surface area contributed by atoms with Gasteiger partial charge in [-0.25, -0.2) is 0 Å². The van der Waals surface area contributed by atoms with Crippen LogP contribution in [0, 0.1) is 0 Å². The van der Waals surface area contributed by atoms with Crippen LogP contribution in [0.2, 0.25) is 0 Å². The minimum absolute atomic E-state index is 0.125. The minimum atomic E-state index is 0.125. The molecule has 1 N–H and O–H groups in total. The third-order valence-electron chi connectivity index (χ3n) is 1.69. The van der Waals surface area contributed by atoms with Crippen molar-refractivity contribution in [2.75, 3.05) is 19.8 Å². The largest absolute Gasteiger partial charge is 0.392 e. The molecule has 0 spiro atoms. The number of hydrogen-bond acceptors (Lipinski definition) is 2. The summed E-state index contributed by atoms with van der Waals surface area (Å²) in [5, 5.41) is 8.59. The van der Waals surface area contributed by atoms with Gasteiger partial charge in [-0.15, -0.1) is 0 Å². The zero-order chi connectivity index (χ0) is 10.1. The molecule has 76 valence electrons. The zero-order valence-corrected chi connectivity index (χ0v) is 8.84. The van der Waals surface area contributed by atoms with Crippen LogP contribution < -0.4 is 0 Å². The summed E-state index contributed by atoms with van der Waals surface area (Å²) >= 11 is 0. The van der Waals surface area contributed by atoms with Crippen molar-refractivity contribution in [1.82, 2.24) is 0 Å². The van der Waals surface area contributed by atoms with Gasteiger partial charge in [0, 0.05) is 0 Å². The lowest BCUT2D eigenvalue weighted by Crippen LogP contribution is -1.96. The highest BCUT2D eigenvalue weighted by molar-refractivity contribution is 4.97. The van der Waals surface area contributed by atoms with E-state index >= 15 is 0 Å². The first-order chi connectivity index (χ1) is 6.16. The Labute approximate surface area is 80.9 Å². The molecule has 0 aliphatic heterocycles. The summed E-state index contributed by atoms with van der Waals surface area (Å²) in [6.45, 7) is 7.65. The summed E-state index contributed by atoms with van der Waals surface area (Å²) < 4.78 is 5.36. The van der Waals surface area contributed by atoms with Gasteiger partial charge in [0.05, 0.1) is 19.8 Å². The Morgan fingerprint density at radius 3 is 2.46 bits per heavy atom. The molecular weight excluding hydrogens is 164 g/mol. The van der Waals surface area contributed by atoms with E-state index in [2.05, 4.69) is 19.9 Å². The molecule has 2 nitrogen and oxygen atoms in total. The van der Waals surface area contributed by atoms with Gasteiger partial charge >= 0.3 is 0 Å². The predicted octanol–water partition coefficient (Wildman–Crippen LogP) is 2.30. The van der Waals surface area contributed by atoms with Gasteiger partial charge in [-0.3, -0.25) is 0 Å². The molecule has 0 atom stereocenters. The van der Waals surface area contributed by atoms with E-state index in [9.17, 15) is 0 Å². The Hall–Kier alpha value is -0.600. The lowest BCUT2D eigenvalue weighted by molar-refractivity contribution is 0.165. The van der Waals surface area contributed by atoms with E-state index in [4.69, 9.17) is 9.84 Å². The number of aliphatic hydroxyl groups excluding tert-OH is 1. The summed E-state index contributed by atoms with van der Waals surface area (Å²) in [5.74, 6) is 0. The monoisotopic (exact) mass is 184 g/mol. The van der Waals surface area contributed by atoms with E-state index in [1.54, 1.807) is 0 Å². The zero-order valence-electron chi connectivity index (χ0n) is 8.84. The molecule has 0 aliphatic rings. The molecule has 0 aliphatic carbocycles. The molecule has 2 heteroatoms. The first-order valence-corrected chi connectivity index (χ1v) is 4.64. The number of rotatable bonds is 6. The molecule has 0 radical (unpaired) electrons. The van der Waals surface area contributed by atoms with Crippen molar-refractivity contribution >= 4 is 0 Å². The van der Waals surface area contributed by atoms with Crippen molar-refractivity contribution < 1.29 is 9.84 Å². The molecule has 0 fully saturated rings. The maximum absolute atomic E-state index is 8.59. The smallest absolute Gasteiger partial charge is 0.0650 e. The third-order valence-corrected chi connectivity index (χ3v) is 1.69. The van der Waals surface area contributed by atoms with Gasteiger partial charge < -0.3 is 9.84 Å². The Morgan fingerprint density at radius 1 is 1.23 bits per heavy atom. The van der Waals surface area contributed by atoms with Crippen molar-refractivity contribution in [2.24, 2.45) is 0 Å². The Kier molecular flexibility index (Phi) is 7.65. The van der Waals surface area contributed by atoms with E-state index in [0.717, 1.165) is 13.0 Å². The average Bonchev–Trinajstić information content (AvgIpc) is 2.03. The second-order valence-corrected chi connectivity index (χ2v) is 3.34. The standard InChI is InChI=1S/C11H20O2/c1-10(2)5-8-13-9-6-11(3)4-7-12/h4-5,12H,6-9H2,1-3H3. The van der Waals surface area contributed by atoms with Crippen molar-refractivity contribution in [1.29, 1.82) is 0 Å². The normalized spacial score (nSPS) is 11.5. The van der Waals surface area contributed by atoms with Crippen LogP contribution in [0.1, 0.15) is 27.2 Å². The highest BCUT2D eigenvalue weighted by atomic mass is 16.5. The summed E-state index contributed by atoms with van der Waals surface area (Å²) in [7, 11) is 0. The van der Waals surface area contributed by atoms with E-state index in [1.165, 1.54) is 11.1 Å². The van der Waals surface area contributed by atoms with E-state index in [1.807, 2.05) is 13.0 Å². The fourth-order valence-electron chi connectivity index (χ4n) is 0.800. The van der Waals surface area contributed by atoms with Gasteiger partial charge in [0.25, 0.3) is 0 Å². The average molecular weight is 184 g/mol. The summed E-state index contributed by atoms with van der Waals surface area (Å²) in [6, 6.07) is 0. The fourth-order valence-corrected chi connectivity index (χ4v) is 0.800. The topological polar surface area (TPSA) is 29.5 Å². The van der Waals surface area contributed by atoms with Crippen LogP contribution in [0.15, 0.2) is 23.3 Å². The van der Waals surface area contributed by atoms with Crippen LogP contribution in [-0.2, 0) is 4.74 Å². The van der Waals surface area contributed by atoms with E-state index in [0.29, 0.717) is 6.61 Å². The molecule has 13 heavy (non-hydrogen) atoms. The van der Waals surface area contributed by atoms with Crippen LogP contribution in [0.5, 0.6) is 0 Å². The molecule has 0 saturated heterocycles. The Balaban J connectivity index is 3.36. The molecule has 0 saturated carbocycles. The SMILES string of the molecule is CC(C)=CCOCCC(C)=CCO. The first kappa shape index (κ1) is 12.4. The molecule has 0 amide bonds. The molecule has 0 aromatic rings. The second-order valence-electron chi connectivity index (χ2n) is 3.34. The number of allylic oxidation sites excluding steroid dienone is 1. The lowest BCUT2D eigenvalue weighted by atomic mass is 10.2. The molecule has 0 aromatic heterocycles. The van der Waals surface area contributed by atoms with Crippen LogP contribution in [0.4, 0.5) is 0 Å². The molecule has 0 heterocycles. The molecule has 0 unspecified atom stereocenters. The van der Waals surface area contributed by atoms with Gasteiger partial charge in [-0.05, 0) is 27.2 Å². The summed E-state index contributed by atoms with van der Waals surface area (Å²) in [6.07, 6.45) is 4.77. The van der Waals surface area contributed by atoms with E-state index in [-0.39, 0.29) is 6.61 Å². The van der Waals surface area contributed by atoms with Crippen LogP contribution >= 0.6 is 0 Å². The molecular formula is C11H20O2. The van der Waals surface area contributed by atoms with Crippen molar-refractivity contribution in [3.05, 3.63) is 23.3 Å². The first-order valence-electron chi connectivity index (χ1n) is 4.64. The van der Waals surface area contributed by atoms with E-state index < -0.39 is 0 Å². The highest BCUT2D eigenvalue weighted by Crippen LogP contribution is 1.99. The van der Waals surface area contributed by atoms with Gasteiger partial charge in [0.15, 0.2) is 0 Å². The minimum Gasteiger partial charge on any atom is -0.392 e. The highest BCUT2D eigenvalue weighted by Gasteiger charge is 1.89. The molecule has 0 aromatic carbocycles. The number of hydrogen-bond donors (Lipinski definition) is 1. The van der Waals surface area contributed by atoms with Crippen molar-refractivity contribution in [3.63, 3.8) is 0 Å². The number of ether oxygens (including phenoxy) is 1. The second kappa shape index (κ2) is 8.02. The van der Waals surface area contributed by atoms with Gasteiger partial charge in [-0.2, -0.15) is 0 Å². The lowest BCUT2D eigenvalue weighted by Gasteiger charge is -2.01. The Bertz CT molecular complexity index is 177.